The molecule has 1 aliphatic heterocycles. The van der Waals surface area contributed by atoms with E-state index in [1.165, 1.54) is 43.0 Å². The fraction of sp³-hybridized carbons (Fsp3) is 0.333. The lowest BCUT2D eigenvalue weighted by Gasteiger charge is -2.31. The number of hydrogen-bond donors (Lipinski definition) is 4. The Labute approximate surface area is 251 Å². The monoisotopic (exact) mass is 629 g/mol. The number of rotatable bonds is 8. The van der Waals surface area contributed by atoms with Crippen LogP contribution in [0.15, 0.2) is 47.3 Å². The Morgan fingerprint density at radius 3 is 2.51 bits per heavy atom. The molecule has 0 bridgehead atoms. The molecule has 45 heavy (non-hydrogen) atoms. The van der Waals surface area contributed by atoms with Crippen LogP contribution in [-0.4, -0.2) is 58.1 Å². The third-order valence-electron chi connectivity index (χ3n) is 8.31. The molecule has 0 unspecified atom stereocenters. The summed E-state index contributed by atoms with van der Waals surface area (Å²) >= 11 is 0. The molecule has 4 aromatic rings. The summed E-state index contributed by atoms with van der Waals surface area (Å²) in [7, 11) is 1.31. The predicted molar refractivity (Wildman–Crippen MR) is 151 cm³/mol. The first-order valence-corrected chi connectivity index (χ1v) is 13.8. The zero-order chi connectivity index (χ0) is 32.5. The van der Waals surface area contributed by atoms with Gasteiger partial charge in [0.25, 0.3) is 11.5 Å². The molecule has 0 radical (unpaired) electrons. The summed E-state index contributed by atoms with van der Waals surface area (Å²) in [5.41, 5.74) is -1.14. The lowest BCUT2D eigenvalue weighted by molar-refractivity contribution is -0.265. The number of hydrogen-bond acceptors (Lipinski definition) is 7. The summed E-state index contributed by atoms with van der Waals surface area (Å²) in [6.07, 6.45) is -3.81. The van der Waals surface area contributed by atoms with Crippen LogP contribution in [0.25, 0.3) is 22.2 Å². The van der Waals surface area contributed by atoms with Gasteiger partial charge in [-0.05, 0) is 62.2 Å². The number of aromatic nitrogens is 3. The number of methoxy groups -OCH3 is 1. The number of alkyl halides is 3. The van der Waals surface area contributed by atoms with E-state index in [-0.39, 0.29) is 51.9 Å². The first-order valence-electron chi connectivity index (χ1n) is 13.8. The Balaban J connectivity index is 1.41. The number of ether oxygens (including phenoxy) is 2. The predicted octanol–water partition coefficient (Wildman–Crippen LogP) is 3.19. The van der Waals surface area contributed by atoms with Crippen LogP contribution >= 0.6 is 0 Å². The van der Waals surface area contributed by atoms with Crippen LogP contribution in [0.4, 0.5) is 17.6 Å². The molecule has 11 nitrogen and oxygen atoms in total. The van der Waals surface area contributed by atoms with Crippen LogP contribution in [0.1, 0.15) is 47.4 Å². The molecule has 5 N–H and O–H groups in total. The van der Waals surface area contributed by atoms with Crippen LogP contribution in [0.3, 0.4) is 0 Å². The zero-order valence-corrected chi connectivity index (χ0v) is 23.9. The summed E-state index contributed by atoms with van der Waals surface area (Å²) in [5.74, 6) is -2.49. The maximum Gasteiger partial charge on any atom is 0.424 e. The molecule has 1 aliphatic carbocycles. The molecule has 3 heterocycles. The van der Waals surface area contributed by atoms with Gasteiger partial charge in [-0.15, -0.1) is 0 Å². The summed E-state index contributed by atoms with van der Waals surface area (Å²) in [6, 6.07) is 7.96. The number of halogens is 4. The van der Waals surface area contributed by atoms with E-state index in [0.29, 0.717) is 5.52 Å². The van der Waals surface area contributed by atoms with Gasteiger partial charge in [0.1, 0.15) is 40.5 Å². The highest BCUT2D eigenvalue weighted by Gasteiger charge is 2.57. The van der Waals surface area contributed by atoms with Gasteiger partial charge < -0.3 is 25.6 Å². The van der Waals surface area contributed by atoms with Crippen molar-refractivity contribution < 1.29 is 41.7 Å². The van der Waals surface area contributed by atoms with E-state index in [1.54, 1.807) is 0 Å². The van der Waals surface area contributed by atoms with Gasteiger partial charge in [-0.25, -0.2) is 14.1 Å². The van der Waals surface area contributed by atoms with Crippen molar-refractivity contribution in [2.24, 2.45) is 5.73 Å². The Bertz CT molecular complexity index is 1920. The quantitative estimate of drug-likeness (QED) is 0.218. The van der Waals surface area contributed by atoms with Gasteiger partial charge in [0.2, 0.25) is 11.5 Å². The number of nitrogens with zero attached hydrogens (tertiary/aromatic N) is 2. The van der Waals surface area contributed by atoms with Crippen molar-refractivity contribution in [3.8, 4) is 22.8 Å². The number of H-pyrrole nitrogens is 1. The normalized spacial score (nSPS) is 19.1. The molecular formula is C30H27F4N5O6. The van der Waals surface area contributed by atoms with Crippen molar-refractivity contribution in [2.45, 2.75) is 43.0 Å². The number of nitrogens with one attached hydrogen (secondary N) is 2. The Morgan fingerprint density at radius 1 is 1.22 bits per heavy atom. The number of benzene rings is 2. The second kappa shape index (κ2) is 10.3. The van der Waals surface area contributed by atoms with E-state index in [9.17, 15) is 37.1 Å². The standard InChI is InChI=1S/C30H27F4N5O6/c1-28(27(35)42)13-45-24-19(28)11-21(37-22(24)14-3-5-16(31)6-4-14)29(43,30(32,33)34)12-36-25(40)15-9-18-23(20(10-15)44-2)38-39(26(18)41)17-7-8-17/h3-6,9-11,17,38,43H,7-8,12-13H2,1-2H3,(H2,35,42)(H,36,40)/t28-,29-/m0/s1. The molecule has 6 rings (SSSR count). The van der Waals surface area contributed by atoms with Gasteiger partial charge in [0.15, 0.2) is 0 Å². The average Bonchev–Trinajstić information content (AvgIpc) is 3.71. The number of carbonyl (C=O) groups excluding carboxylic acids is 2. The SMILES string of the molecule is COc1cc(C(=O)NC[C@](O)(c2cc3c(c(-c4ccc(F)cc4)n2)OC[C@]3(C)C(N)=O)C(F)(F)F)cc2c(=O)n(C3CC3)[nH]c12. The molecule has 2 aromatic heterocycles. The molecule has 0 saturated heterocycles. The number of carbonyl (C=O) groups is 2. The summed E-state index contributed by atoms with van der Waals surface area (Å²) in [4.78, 5) is 42.6. The Morgan fingerprint density at radius 2 is 1.91 bits per heavy atom. The molecule has 2 atom stereocenters. The van der Waals surface area contributed by atoms with Crippen molar-refractivity contribution in [1.29, 1.82) is 0 Å². The largest absolute Gasteiger partial charge is 0.494 e. The Kier molecular flexibility index (Phi) is 6.91. The highest BCUT2D eigenvalue weighted by Crippen LogP contribution is 2.47. The van der Waals surface area contributed by atoms with Crippen molar-refractivity contribution in [1.82, 2.24) is 20.1 Å². The number of pyridine rings is 1. The number of aromatic amines is 1. The van der Waals surface area contributed by atoms with Crippen LogP contribution in [-0.2, 0) is 15.8 Å². The molecule has 0 spiro atoms. The van der Waals surface area contributed by atoms with Gasteiger partial charge in [-0.1, -0.05) is 0 Å². The van der Waals surface area contributed by atoms with Gasteiger partial charge >= 0.3 is 6.18 Å². The minimum absolute atomic E-state index is 0.0184. The van der Waals surface area contributed by atoms with E-state index in [4.69, 9.17) is 15.2 Å². The number of primary amides is 1. The fourth-order valence-corrected chi connectivity index (χ4v) is 5.33. The van der Waals surface area contributed by atoms with Crippen LogP contribution < -0.4 is 26.1 Å². The number of aliphatic hydroxyl groups is 1. The average molecular weight is 630 g/mol. The van der Waals surface area contributed by atoms with Crippen molar-refractivity contribution in [3.05, 3.63) is 75.5 Å². The minimum Gasteiger partial charge on any atom is -0.494 e. The van der Waals surface area contributed by atoms with Crippen LogP contribution in [0.2, 0.25) is 0 Å². The molecule has 2 aromatic carbocycles. The summed E-state index contributed by atoms with van der Waals surface area (Å²) < 4.78 is 70.2. The van der Waals surface area contributed by atoms with Gasteiger partial charge in [-0.2, -0.15) is 13.2 Å². The summed E-state index contributed by atoms with van der Waals surface area (Å²) in [6.45, 7) is -0.350. The first-order chi connectivity index (χ1) is 21.2. The van der Waals surface area contributed by atoms with Crippen molar-refractivity contribution in [3.63, 3.8) is 0 Å². The Hall–Kier alpha value is -4.92. The second-order valence-corrected chi connectivity index (χ2v) is 11.4. The van der Waals surface area contributed by atoms with Crippen LogP contribution in [0.5, 0.6) is 11.5 Å². The highest BCUT2D eigenvalue weighted by atomic mass is 19.4. The van der Waals surface area contributed by atoms with Gasteiger partial charge in [0.05, 0.1) is 30.8 Å². The lowest BCUT2D eigenvalue weighted by atomic mass is 9.81. The lowest BCUT2D eigenvalue weighted by Crippen LogP contribution is -2.51. The van der Waals surface area contributed by atoms with Crippen molar-refractivity contribution >= 4 is 22.7 Å². The van der Waals surface area contributed by atoms with E-state index in [1.807, 2.05) is 0 Å². The highest BCUT2D eigenvalue weighted by molar-refractivity contribution is 6.00. The fourth-order valence-electron chi connectivity index (χ4n) is 5.33. The van der Waals surface area contributed by atoms with E-state index in [0.717, 1.165) is 31.0 Å². The zero-order valence-electron chi connectivity index (χ0n) is 23.9. The number of amides is 2. The molecular weight excluding hydrogens is 602 g/mol. The third-order valence-corrected chi connectivity index (χ3v) is 8.31. The van der Waals surface area contributed by atoms with Gasteiger partial charge in [-0.3, -0.25) is 19.5 Å². The van der Waals surface area contributed by atoms with Crippen molar-refractivity contribution in [2.75, 3.05) is 20.3 Å². The second-order valence-electron chi connectivity index (χ2n) is 11.4. The van der Waals surface area contributed by atoms with E-state index in [2.05, 4.69) is 15.4 Å². The first kappa shape index (κ1) is 30.1. The molecule has 236 valence electrons. The molecule has 2 amide bonds. The van der Waals surface area contributed by atoms with Gasteiger partial charge in [0, 0.05) is 16.7 Å². The topological polar surface area (TPSA) is 162 Å². The maximum atomic E-state index is 14.7. The minimum atomic E-state index is -5.40. The van der Waals surface area contributed by atoms with E-state index < -0.39 is 52.6 Å². The number of nitrogens with two attached hydrogens (primary N) is 1. The molecule has 1 saturated carbocycles. The number of fused-ring (bicyclic) bond motifs is 2. The van der Waals surface area contributed by atoms with E-state index >= 15 is 0 Å². The third kappa shape index (κ3) is 4.87. The molecule has 2 aliphatic rings. The smallest absolute Gasteiger partial charge is 0.424 e. The summed E-state index contributed by atoms with van der Waals surface area (Å²) in [5, 5.41) is 16.4. The molecule has 15 heteroatoms. The molecule has 1 fully saturated rings. The van der Waals surface area contributed by atoms with Crippen LogP contribution in [0, 0.1) is 5.82 Å². The maximum absolute atomic E-state index is 14.7.